The third kappa shape index (κ3) is 4.14. The van der Waals surface area contributed by atoms with Gasteiger partial charge in [-0.25, -0.2) is 9.37 Å². The number of halogens is 1. The van der Waals surface area contributed by atoms with E-state index in [0.717, 1.165) is 27.8 Å². The molecule has 0 saturated heterocycles. The van der Waals surface area contributed by atoms with Gasteiger partial charge in [0.1, 0.15) is 24.7 Å². The molecular weight excluding hydrogens is 369 g/mol. The van der Waals surface area contributed by atoms with E-state index in [-0.39, 0.29) is 18.1 Å². The first-order valence-corrected chi connectivity index (χ1v) is 9.28. The summed E-state index contributed by atoms with van der Waals surface area (Å²) in [7, 11) is 0. The first-order valence-electron chi connectivity index (χ1n) is 9.28. The highest BCUT2D eigenvalue weighted by molar-refractivity contribution is 5.86. The Hall–Kier alpha value is -3.60. The second-order valence-electron chi connectivity index (χ2n) is 6.71. The number of rotatable bonds is 6. The van der Waals surface area contributed by atoms with Gasteiger partial charge in [0.25, 0.3) is 0 Å². The summed E-state index contributed by atoms with van der Waals surface area (Å²) in [4.78, 5) is 4.67. The number of hydrogen-bond acceptors (Lipinski definition) is 4. The molecule has 0 spiro atoms. The van der Waals surface area contributed by atoms with Crippen LogP contribution in [0.4, 0.5) is 4.39 Å². The number of ether oxygens (including phenoxy) is 2. The van der Waals surface area contributed by atoms with E-state index in [1.165, 1.54) is 18.2 Å². The third-order valence-electron chi connectivity index (χ3n) is 4.68. The highest BCUT2D eigenvalue weighted by Gasteiger charge is 2.15. The van der Waals surface area contributed by atoms with Gasteiger partial charge in [0.15, 0.2) is 11.6 Å². The molecule has 0 radical (unpaired) electrons. The maximum Gasteiger partial charge on any atom is 0.165 e. The van der Waals surface area contributed by atoms with Crippen molar-refractivity contribution >= 4 is 10.9 Å². The van der Waals surface area contributed by atoms with E-state index in [9.17, 15) is 9.50 Å². The summed E-state index contributed by atoms with van der Waals surface area (Å²) in [5.74, 6) is 0.110. The molecule has 0 bridgehead atoms. The largest absolute Gasteiger partial charge is 0.508 e. The van der Waals surface area contributed by atoms with Gasteiger partial charge in [-0.1, -0.05) is 42.5 Å². The number of benzene rings is 3. The molecule has 29 heavy (non-hydrogen) atoms. The molecule has 3 aromatic carbocycles. The highest BCUT2D eigenvalue weighted by Crippen LogP contribution is 2.32. The number of pyridine rings is 1. The van der Waals surface area contributed by atoms with Gasteiger partial charge in [0, 0.05) is 17.0 Å². The average Bonchev–Trinajstić information content (AvgIpc) is 2.74. The Morgan fingerprint density at radius 1 is 0.897 bits per heavy atom. The fourth-order valence-electron chi connectivity index (χ4n) is 3.13. The Labute approximate surface area is 168 Å². The Balaban J connectivity index is 1.65. The molecule has 0 atom stereocenters. The number of aromatic hydroxyl groups is 1. The highest BCUT2D eigenvalue weighted by atomic mass is 19.1. The second-order valence-corrected chi connectivity index (χ2v) is 6.71. The van der Waals surface area contributed by atoms with Gasteiger partial charge < -0.3 is 14.6 Å². The molecule has 4 nitrogen and oxygen atoms in total. The number of aromatic nitrogens is 1. The lowest BCUT2D eigenvalue weighted by Gasteiger charge is -2.16. The molecule has 0 saturated carbocycles. The van der Waals surface area contributed by atoms with E-state index in [1.807, 2.05) is 61.5 Å². The number of para-hydroxylation sites is 1. The van der Waals surface area contributed by atoms with Gasteiger partial charge in [-0.05, 0) is 36.8 Å². The Kier molecular flexibility index (Phi) is 5.29. The Morgan fingerprint density at radius 2 is 1.66 bits per heavy atom. The minimum absolute atomic E-state index is 0.0221. The van der Waals surface area contributed by atoms with Crippen LogP contribution in [0.2, 0.25) is 0 Å². The van der Waals surface area contributed by atoms with Crippen LogP contribution in [-0.4, -0.2) is 10.1 Å². The van der Waals surface area contributed by atoms with Gasteiger partial charge in [0.2, 0.25) is 0 Å². The molecule has 4 aromatic rings. The molecule has 5 heteroatoms. The third-order valence-corrected chi connectivity index (χ3v) is 4.68. The van der Waals surface area contributed by atoms with Crippen LogP contribution in [0.3, 0.4) is 0 Å². The predicted molar refractivity (Wildman–Crippen MR) is 110 cm³/mol. The van der Waals surface area contributed by atoms with Gasteiger partial charge in [-0.15, -0.1) is 0 Å². The minimum atomic E-state index is -0.540. The minimum Gasteiger partial charge on any atom is -0.508 e. The van der Waals surface area contributed by atoms with Crippen molar-refractivity contribution < 1.29 is 19.0 Å². The van der Waals surface area contributed by atoms with Crippen LogP contribution in [-0.2, 0) is 13.2 Å². The van der Waals surface area contributed by atoms with Crippen molar-refractivity contribution in [2.45, 2.75) is 20.1 Å². The van der Waals surface area contributed by atoms with Crippen molar-refractivity contribution in [2.75, 3.05) is 0 Å². The zero-order valence-electron chi connectivity index (χ0n) is 15.9. The summed E-state index contributed by atoms with van der Waals surface area (Å²) in [5.41, 5.74) is 3.32. The molecule has 0 fully saturated rings. The Bertz CT molecular complexity index is 1150. The molecule has 0 aliphatic rings. The molecule has 4 rings (SSSR count). The van der Waals surface area contributed by atoms with E-state index in [2.05, 4.69) is 4.98 Å². The van der Waals surface area contributed by atoms with Crippen LogP contribution in [0.5, 0.6) is 17.2 Å². The SMILES string of the molecule is Cc1c(COc2cc(O)ccc2F)nc2ccccc2c1OCc1ccccc1. The Morgan fingerprint density at radius 3 is 2.48 bits per heavy atom. The first-order chi connectivity index (χ1) is 14.1. The topological polar surface area (TPSA) is 51.6 Å². The summed E-state index contributed by atoms with van der Waals surface area (Å²) >= 11 is 0. The van der Waals surface area contributed by atoms with Crippen molar-refractivity contribution in [1.82, 2.24) is 4.98 Å². The van der Waals surface area contributed by atoms with E-state index in [0.29, 0.717) is 12.3 Å². The van der Waals surface area contributed by atoms with Crippen LogP contribution in [0, 0.1) is 12.7 Å². The number of hydrogen-bond donors (Lipinski definition) is 1. The maximum absolute atomic E-state index is 13.9. The average molecular weight is 389 g/mol. The van der Waals surface area contributed by atoms with Crippen LogP contribution in [0.15, 0.2) is 72.8 Å². The zero-order valence-corrected chi connectivity index (χ0v) is 15.9. The number of fused-ring (bicyclic) bond motifs is 1. The predicted octanol–water partition coefficient (Wildman–Crippen LogP) is 5.55. The van der Waals surface area contributed by atoms with Crippen molar-refractivity contribution in [3.63, 3.8) is 0 Å². The zero-order chi connectivity index (χ0) is 20.2. The van der Waals surface area contributed by atoms with Gasteiger partial charge in [-0.2, -0.15) is 0 Å². The van der Waals surface area contributed by atoms with Crippen molar-refractivity contribution in [1.29, 1.82) is 0 Å². The van der Waals surface area contributed by atoms with Crippen molar-refractivity contribution in [2.24, 2.45) is 0 Å². The summed E-state index contributed by atoms with van der Waals surface area (Å²) in [5, 5.41) is 10.5. The second kappa shape index (κ2) is 8.19. The lowest BCUT2D eigenvalue weighted by Crippen LogP contribution is -2.06. The number of phenolic OH excluding ortho intramolecular Hbond substituents is 1. The molecule has 1 aromatic heterocycles. The fraction of sp³-hybridized carbons (Fsp3) is 0.125. The van der Waals surface area contributed by atoms with Crippen LogP contribution >= 0.6 is 0 Å². The number of phenols is 1. The molecule has 146 valence electrons. The van der Waals surface area contributed by atoms with E-state index < -0.39 is 5.82 Å². The smallest absolute Gasteiger partial charge is 0.165 e. The van der Waals surface area contributed by atoms with Crippen LogP contribution in [0.25, 0.3) is 10.9 Å². The molecule has 1 heterocycles. The van der Waals surface area contributed by atoms with Gasteiger partial charge in [-0.3, -0.25) is 0 Å². The lowest BCUT2D eigenvalue weighted by molar-refractivity contribution is 0.279. The standard InChI is InChI=1S/C24H20FNO3/c1-16-22(15-28-23-13-18(27)11-12-20(23)25)26-21-10-6-5-9-19(21)24(16)29-14-17-7-3-2-4-8-17/h2-13,27H,14-15H2,1H3. The maximum atomic E-state index is 13.9. The summed E-state index contributed by atoms with van der Waals surface area (Å²) < 4.78 is 25.7. The van der Waals surface area contributed by atoms with Crippen LogP contribution in [0.1, 0.15) is 16.8 Å². The summed E-state index contributed by atoms with van der Waals surface area (Å²) in [6.07, 6.45) is 0. The monoisotopic (exact) mass is 389 g/mol. The van der Waals surface area contributed by atoms with E-state index in [1.54, 1.807) is 0 Å². The van der Waals surface area contributed by atoms with Crippen LogP contribution < -0.4 is 9.47 Å². The van der Waals surface area contributed by atoms with Crippen molar-refractivity contribution in [3.8, 4) is 17.2 Å². The quantitative estimate of drug-likeness (QED) is 0.470. The summed E-state index contributed by atoms with van der Waals surface area (Å²) in [6.45, 7) is 2.40. The molecule has 0 amide bonds. The molecular formula is C24H20FNO3. The molecule has 0 unspecified atom stereocenters. The fourth-order valence-corrected chi connectivity index (χ4v) is 3.13. The number of nitrogens with zero attached hydrogens (tertiary/aromatic N) is 1. The molecule has 0 aliphatic heterocycles. The van der Waals surface area contributed by atoms with Gasteiger partial charge >= 0.3 is 0 Å². The normalized spacial score (nSPS) is 10.8. The molecule has 1 N–H and O–H groups in total. The molecule has 0 aliphatic carbocycles. The van der Waals surface area contributed by atoms with E-state index in [4.69, 9.17) is 9.47 Å². The van der Waals surface area contributed by atoms with Crippen molar-refractivity contribution in [3.05, 3.63) is 95.4 Å². The summed E-state index contributed by atoms with van der Waals surface area (Å²) in [6, 6.07) is 21.3. The van der Waals surface area contributed by atoms with Gasteiger partial charge in [0.05, 0.1) is 11.2 Å². The first kappa shape index (κ1) is 18.7. The lowest BCUT2D eigenvalue weighted by atomic mass is 10.1. The van der Waals surface area contributed by atoms with E-state index >= 15 is 0 Å².